The van der Waals surface area contributed by atoms with E-state index >= 15 is 0 Å². The second-order valence-electron chi connectivity index (χ2n) is 4.81. The van der Waals surface area contributed by atoms with Crippen molar-refractivity contribution in [1.29, 1.82) is 0 Å². The van der Waals surface area contributed by atoms with Crippen LogP contribution >= 0.6 is 0 Å². The van der Waals surface area contributed by atoms with Gasteiger partial charge in [-0.25, -0.2) is 0 Å². The number of benzene rings is 1. The topological polar surface area (TPSA) is 84.3 Å². The zero-order valence-corrected chi connectivity index (χ0v) is 10.9. The van der Waals surface area contributed by atoms with Gasteiger partial charge < -0.3 is 10.6 Å². The van der Waals surface area contributed by atoms with E-state index < -0.39 is 16.4 Å². The number of hydrogen-bond acceptors (Lipinski definition) is 4. The second kappa shape index (κ2) is 6.42. The molecule has 6 nitrogen and oxygen atoms in total. The average molecular weight is 281 g/mol. The largest absolute Gasteiger partial charge is 0.353 e. The van der Waals surface area contributed by atoms with Crippen LogP contribution in [0.15, 0.2) is 18.2 Å². The first kappa shape index (κ1) is 14.4. The predicted molar refractivity (Wildman–Crippen MR) is 70.5 cm³/mol. The molecule has 1 aliphatic rings. The van der Waals surface area contributed by atoms with E-state index in [-0.39, 0.29) is 5.91 Å². The van der Waals surface area contributed by atoms with Crippen LogP contribution in [0.2, 0.25) is 0 Å². The molecule has 0 aliphatic heterocycles. The second-order valence-corrected chi connectivity index (χ2v) is 4.81. The van der Waals surface area contributed by atoms with Crippen LogP contribution in [-0.2, 0) is 11.3 Å². The lowest BCUT2D eigenvalue weighted by Crippen LogP contribution is -2.29. The first-order chi connectivity index (χ1) is 9.56. The van der Waals surface area contributed by atoms with E-state index in [0.29, 0.717) is 31.1 Å². The molecule has 2 rings (SSSR count). The van der Waals surface area contributed by atoms with Crippen LogP contribution in [0.1, 0.15) is 24.8 Å². The van der Waals surface area contributed by atoms with Crippen LogP contribution in [-0.4, -0.2) is 23.4 Å². The minimum atomic E-state index is -0.847. The van der Waals surface area contributed by atoms with Gasteiger partial charge in [-0.3, -0.25) is 14.9 Å². The summed E-state index contributed by atoms with van der Waals surface area (Å²) < 4.78 is 13.4. The van der Waals surface area contributed by atoms with E-state index in [4.69, 9.17) is 0 Å². The number of nitro groups is 1. The van der Waals surface area contributed by atoms with E-state index in [1.807, 2.05) is 0 Å². The molecule has 0 aromatic heterocycles. The molecular formula is C13H16FN3O3. The number of halogens is 1. The summed E-state index contributed by atoms with van der Waals surface area (Å²) in [4.78, 5) is 21.1. The van der Waals surface area contributed by atoms with E-state index in [1.54, 1.807) is 0 Å². The Morgan fingerprint density at radius 2 is 2.20 bits per heavy atom. The fourth-order valence-electron chi connectivity index (χ4n) is 1.77. The Hall–Kier alpha value is -2.02. The molecular weight excluding hydrogens is 265 g/mol. The van der Waals surface area contributed by atoms with Crippen molar-refractivity contribution in [3.63, 3.8) is 0 Å². The molecule has 1 aromatic rings. The summed E-state index contributed by atoms with van der Waals surface area (Å²) in [5, 5.41) is 16.3. The number of amides is 1. The number of nitro benzene ring substituents is 1. The highest BCUT2D eigenvalue weighted by molar-refractivity contribution is 5.76. The van der Waals surface area contributed by atoms with E-state index in [9.17, 15) is 19.3 Å². The lowest BCUT2D eigenvalue weighted by molar-refractivity contribution is -0.387. The quantitative estimate of drug-likeness (QED) is 0.450. The Kier molecular flexibility index (Phi) is 4.62. The third-order valence-corrected chi connectivity index (χ3v) is 3.01. The summed E-state index contributed by atoms with van der Waals surface area (Å²) >= 11 is 0. The molecule has 1 aromatic carbocycles. The average Bonchev–Trinajstić information content (AvgIpc) is 3.18. The fraction of sp³-hybridized carbons (Fsp3) is 0.462. The predicted octanol–water partition coefficient (Wildman–Crippen LogP) is 1.49. The minimum absolute atomic E-state index is 0.00915. The highest BCUT2D eigenvalue weighted by Crippen LogP contribution is 2.19. The molecule has 0 unspecified atom stereocenters. The van der Waals surface area contributed by atoms with Gasteiger partial charge in [0.05, 0.1) is 4.92 Å². The first-order valence-electron chi connectivity index (χ1n) is 6.49. The maximum Gasteiger partial charge on any atom is 0.304 e. The van der Waals surface area contributed by atoms with Gasteiger partial charge in [-0.1, -0.05) is 6.07 Å². The van der Waals surface area contributed by atoms with Gasteiger partial charge in [-0.2, -0.15) is 4.39 Å². The molecule has 1 saturated carbocycles. The standard InChI is InChI=1S/C13H16FN3O3/c14-11-7-9(1-4-12(11)17(19)20)8-15-6-5-13(18)16-10-2-3-10/h1,4,7,10,15H,2-3,5-6,8H2,(H,16,18). The molecule has 0 bridgehead atoms. The molecule has 20 heavy (non-hydrogen) atoms. The van der Waals surface area contributed by atoms with Crippen molar-refractivity contribution in [3.8, 4) is 0 Å². The number of carbonyl (C=O) groups excluding carboxylic acids is 1. The van der Waals surface area contributed by atoms with Crippen molar-refractivity contribution in [2.75, 3.05) is 6.54 Å². The molecule has 0 atom stereocenters. The highest BCUT2D eigenvalue weighted by atomic mass is 19.1. The number of nitrogens with zero attached hydrogens (tertiary/aromatic N) is 1. The molecule has 1 fully saturated rings. The molecule has 2 N–H and O–H groups in total. The van der Waals surface area contributed by atoms with Crippen molar-refractivity contribution < 1.29 is 14.1 Å². The molecule has 1 aliphatic carbocycles. The van der Waals surface area contributed by atoms with Gasteiger partial charge in [0.15, 0.2) is 0 Å². The Labute approximate surface area is 115 Å². The lowest BCUT2D eigenvalue weighted by Gasteiger charge is -2.06. The molecule has 0 heterocycles. The van der Waals surface area contributed by atoms with Gasteiger partial charge in [-0.15, -0.1) is 0 Å². The van der Waals surface area contributed by atoms with Gasteiger partial charge in [0.25, 0.3) is 0 Å². The van der Waals surface area contributed by atoms with Crippen LogP contribution in [0.5, 0.6) is 0 Å². The minimum Gasteiger partial charge on any atom is -0.353 e. The summed E-state index contributed by atoms with van der Waals surface area (Å²) in [6.07, 6.45) is 2.48. The molecule has 0 saturated heterocycles. The Morgan fingerprint density at radius 3 is 2.80 bits per heavy atom. The Morgan fingerprint density at radius 1 is 1.45 bits per heavy atom. The zero-order chi connectivity index (χ0) is 14.5. The van der Waals surface area contributed by atoms with Crippen molar-refractivity contribution in [2.45, 2.75) is 31.8 Å². The summed E-state index contributed by atoms with van der Waals surface area (Å²) in [5.74, 6) is -0.837. The van der Waals surface area contributed by atoms with Crippen molar-refractivity contribution in [3.05, 3.63) is 39.7 Å². The Bertz CT molecular complexity index is 518. The first-order valence-corrected chi connectivity index (χ1v) is 6.49. The van der Waals surface area contributed by atoms with E-state index in [1.165, 1.54) is 6.07 Å². The van der Waals surface area contributed by atoms with Crippen LogP contribution in [0.4, 0.5) is 10.1 Å². The van der Waals surface area contributed by atoms with Crippen LogP contribution in [0.25, 0.3) is 0 Å². The normalized spacial score (nSPS) is 14.1. The smallest absolute Gasteiger partial charge is 0.304 e. The van der Waals surface area contributed by atoms with Crippen LogP contribution in [0, 0.1) is 15.9 Å². The molecule has 108 valence electrons. The van der Waals surface area contributed by atoms with Crippen LogP contribution in [0.3, 0.4) is 0 Å². The van der Waals surface area contributed by atoms with Crippen molar-refractivity contribution in [1.82, 2.24) is 10.6 Å². The lowest BCUT2D eigenvalue weighted by atomic mass is 10.2. The summed E-state index contributed by atoms with van der Waals surface area (Å²) in [5.41, 5.74) is 0.0771. The third-order valence-electron chi connectivity index (χ3n) is 3.01. The van der Waals surface area contributed by atoms with Crippen LogP contribution < -0.4 is 10.6 Å². The Balaban J connectivity index is 1.72. The number of rotatable bonds is 7. The number of carbonyl (C=O) groups is 1. The van der Waals surface area contributed by atoms with E-state index in [2.05, 4.69) is 10.6 Å². The molecule has 1 amide bonds. The number of nitrogens with one attached hydrogen (secondary N) is 2. The molecule has 0 radical (unpaired) electrons. The van der Waals surface area contributed by atoms with Crippen molar-refractivity contribution >= 4 is 11.6 Å². The summed E-state index contributed by atoms with van der Waals surface area (Å²) in [7, 11) is 0. The zero-order valence-electron chi connectivity index (χ0n) is 10.9. The highest BCUT2D eigenvalue weighted by Gasteiger charge is 2.22. The third kappa shape index (κ3) is 4.27. The van der Waals surface area contributed by atoms with E-state index in [0.717, 1.165) is 25.0 Å². The monoisotopic (exact) mass is 281 g/mol. The fourth-order valence-corrected chi connectivity index (χ4v) is 1.77. The SMILES string of the molecule is O=C(CCNCc1ccc([N+](=O)[O-])c(F)c1)NC1CC1. The summed E-state index contributed by atoms with van der Waals surface area (Å²) in [6.45, 7) is 0.850. The van der Waals surface area contributed by atoms with Crippen molar-refractivity contribution in [2.24, 2.45) is 0 Å². The van der Waals surface area contributed by atoms with Gasteiger partial charge in [0, 0.05) is 31.6 Å². The maximum absolute atomic E-state index is 13.4. The number of hydrogen-bond donors (Lipinski definition) is 2. The van der Waals surface area contributed by atoms with Gasteiger partial charge >= 0.3 is 5.69 Å². The molecule has 0 spiro atoms. The molecule has 7 heteroatoms. The van der Waals surface area contributed by atoms with Gasteiger partial charge in [0.2, 0.25) is 11.7 Å². The maximum atomic E-state index is 13.4. The van der Waals surface area contributed by atoms with Gasteiger partial charge in [-0.05, 0) is 24.5 Å². The van der Waals surface area contributed by atoms with Gasteiger partial charge in [0.1, 0.15) is 0 Å². The summed E-state index contributed by atoms with van der Waals surface area (Å²) in [6, 6.07) is 4.13.